The van der Waals surface area contributed by atoms with Crippen LogP contribution in [0.15, 0.2) is 0 Å². The molecule has 17 heavy (non-hydrogen) atoms. The maximum absolute atomic E-state index is 3.58. The molecule has 0 aromatic rings. The lowest BCUT2D eigenvalue weighted by atomic mass is 10.2. The predicted octanol–water partition coefficient (Wildman–Crippen LogP) is 2.84. The molecule has 2 nitrogen and oxygen atoms in total. The van der Waals surface area contributed by atoms with Crippen LogP contribution in [0.25, 0.3) is 0 Å². The normalized spacial score (nSPS) is 24.9. The molecule has 0 bridgehead atoms. The second-order valence-corrected chi connectivity index (χ2v) is 6.86. The van der Waals surface area contributed by atoms with Crippen molar-refractivity contribution in [3.63, 3.8) is 0 Å². The number of likely N-dealkylation sites (tertiary alicyclic amines) is 1. The van der Waals surface area contributed by atoms with Gasteiger partial charge in [0.1, 0.15) is 0 Å². The van der Waals surface area contributed by atoms with Gasteiger partial charge in [0.2, 0.25) is 0 Å². The molecule has 0 spiro atoms. The van der Waals surface area contributed by atoms with Crippen molar-refractivity contribution in [2.75, 3.05) is 32.4 Å². The molecule has 1 fully saturated rings. The number of hydrogen-bond acceptors (Lipinski definition) is 3. The highest BCUT2D eigenvalue weighted by molar-refractivity contribution is 7.99. The second kappa shape index (κ2) is 8.39. The van der Waals surface area contributed by atoms with Crippen LogP contribution >= 0.6 is 11.8 Å². The lowest BCUT2D eigenvalue weighted by Crippen LogP contribution is -2.41. The van der Waals surface area contributed by atoms with E-state index in [0.717, 1.165) is 24.3 Å². The molecular formula is C14H30N2S. The molecule has 1 N–H and O–H groups in total. The van der Waals surface area contributed by atoms with Crippen LogP contribution in [-0.2, 0) is 0 Å². The van der Waals surface area contributed by atoms with E-state index < -0.39 is 0 Å². The van der Waals surface area contributed by atoms with E-state index >= 15 is 0 Å². The molecule has 0 aliphatic carbocycles. The summed E-state index contributed by atoms with van der Waals surface area (Å²) in [6.07, 6.45) is 6.41. The zero-order valence-corrected chi connectivity index (χ0v) is 12.9. The minimum atomic E-state index is 0.689. The molecule has 2 atom stereocenters. The highest BCUT2D eigenvalue weighted by Gasteiger charge is 2.19. The fraction of sp³-hybridized carbons (Fsp3) is 1.00. The van der Waals surface area contributed by atoms with Crippen LogP contribution in [0.3, 0.4) is 0 Å². The predicted molar refractivity (Wildman–Crippen MR) is 79.9 cm³/mol. The van der Waals surface area contributed by atoms with Crippen LogP contribution in [0.2, 0.25) is 0 Å². The van der Waals surface area contributed by atoms with E-state index in [1.54, 1.807) is 0 Å². The van der Waals surface area contributed by atoms with Gasteiger partial charge in [-0.15, -0.1) is 0 Å². The summed E-state index contributed by atoms with van der Waals surface area (Å²) in [4.78, 5) is 2.67. The van der Waals surface area contributed by atoms with Gasteiger partial charge in [0.25, 0.3) is 0 Å². The summed E-state index contributed by atoms with van der Waals surface area (Å²) < 4.78 is 0. The van der Waals surface area contributed by atoms with E-state index in [2.05, 4.69) is 49.0 Å². The standard InChI is InChI=1S/C14H30N2S/c1-12(2)10-15-11-13(3)16-8-5-6-14(17-4)7-9-16/h12-15H,5-11H2,1-4H3. The summed E-state index contributed by atoms with van der Waals surface area (Å²) in [7, 11) is 0. The summed E-state index contributed by atoms with van der Waals surface area (Å²) in [6.45, 7) is 11.8. The van der Waals surface area contributed by atoms with Gasteiger partial charge in [0, 0.05) is 17.8 Å². The van der Waals surface area contributed by atoms with Gasteiger partial charge >= 0.3 is 0 Å². The van der Waals surface area contributed by atoms with Gasteiger partial charge in [-0.25, -0.2) is 0 Å². The molecule has 1 saturated heterocycles. The van der Waals surface area contributed by atoms with Gasteiger partial charge in [0.15, 0.2) is 0 Å². The van der Waals surface area contributed by atoms with Crippen LogP contribution < -0.4 is 5.32 Å². The fourth-order valence-electron chi connectivity index (χ4n) is 2.47. The molecule has 0 aromatic heterocycles. The number of hydrogen-bond donors (Lipinski definition) is 1. The van der Waals surface area contributed by atoms with Gasteiger partial charge in [0.05, 0.1) is 0 Å². The first-order valence-corrected chi connectivity index (χ1v) is 8.39. The quantitative estimate of drug-likeness (QED) is 0.789. The molecular weight excluding hydrogens is 228 g/mol. The summed E-state index contributed by atoms with van der Waals surface area (Å²) in [5.74, 6) is 0.757. The van der Waals surface area contributed by atoms with Crippen molar-refractivity contribution in [2.45, 2.75) is 51.3 Å². The average Bonchev–Trinajstić information content (AvgIpc) is 2.53. The first-order chi connectivity index (χ1) is 8.13. The summed E-state index contributed by atoms with van der Waals surface area (Å²) >= 11 is 2.05. The minimum absolute atomic E-state index is 0.689. The molecule has 102 valence electrons. The van der Waals surface area contributed by atoms with E-state index in [1.807, 2.05) is 0 Å². The molecule has 3 heteroatoms. The fourth-order valence-corrected chi connectivity index (χ4v) is 3.22. The Labute approximate surface area is 112 Å². The largest absolute Gasteiger partial charge is 0.315 e. The highest BCUT2D eigenvalue weighted by Crippen LogP contribution is 2.21. The number of nitrogens with zero attached hydrogens (tertiary/aromatic N) is 1. The Bertz CT molecular complexity index is 197. The molecule has 0 radical (unpaired) electrons. The molecule has 0 saturated carbocycles. The summed E-state index contributed by atoms with van der Waals surface area (Å²) in [5, 5.41) is 4.48. The molecule has 1 heterocycles. The van der Waals surface area contributed by atoms with E-state index in [1.165, 1.54) is 32.4 Å². The molecule has 1 aliphatic heterocycles. The third-order valence-electron chi connectivity index (χ3n) is 3.66. The SMILES string of the molecule is CSC1CCCN(C(C)CNCC(C)C)CC1. The smallest absolute Gasteiger partial charge is 0.0192 e. The highest BCUT2D eigenvalue weighted by atomic mass is 32.2. The van der Waals surface area contributed by atoms with E-state index in [9.17, 15) is 0 Å². The Morgan fingerprint density at radius 2 is 1.94 bits per heavy atom. The third kappa shape index (κ3) is 6.12. The molecule has 1 aliphatic rings. The van der Waals surface area contributed by atoms with Crippen LogP contribution in [0, 0.1) is 5.92 Å². The van der Waals surface area contributed by atoms with Crippen LogP contribution in [0.4, 0.5) is 0 Å². The summed E-state index contributed by atoms with van der Waals surface area (Å²) in [5.41, 5.74) is 0. The second-order valence-electron chi connectivity index (χ2n) is 5.73. The first kappa shape index (κ1) is 15.3. The Morgan fingerprint density at radius 1 is 1.18 bits per heavy atom. The minimum Gasteiger partial charge on any atom is -0.315 e. The first-order valence-electron chi connectivity index (χ1n) is 7.11. The van der Waals surface area contributed by atoms with E-state index in [4.69, 9.17) is 0 Å². The Hall–Kier alpha value is 0.270. The van der Waals surface area contributed by atoms with Crippen molar-refractivity contribution in [2.24, 2.45) is 5.92 Å². The van der Waals surface area contributed by atoms with Crippen molar-refractivity contribution < 1.29 is 0 Å². The van der Waals surface area contributed by atoms with Crippen molar-refractivity contribution in [1.29, 1.82) is 0 Å². The Morgan fingerprint density at radius 3 is 2.59 bits per heavy atom. The number of nitrogens with one attached hydrogen (secondary N) is 1. The Balaban J connectivity index is 2.24. The van der Waals surface area contributed by atoms with Gasteiger partial charge < -0.3 is 5.32 Å². The summed E-state index contributed by atoms with van der Waals surface area (Å²) in [6, 6.07) is 0.689. The molecule has 0 amide bonds. The zero-order chi connectivity index (χ0) is 12.7. The van der Waals surface area contributed by atoms with Crippen molar-refractivity contribution in [3.05, 3.63) is 0 Å². The lowest BCUT2D eigenvalue weighted by molar-refractivity contribution is 0.211. The van der Waals surface area contributed by atoms with Crippen LogP contribution in [0.1, 0.15) is 40.0 Å². The maximum atomic E-state index is 3.58. The monoisotopic (exact) mass is 258 g/mol. The van der Waals surface area contributed by atoms with Crippen molar-refractivity contribution in [3.8, 4) is 0 Å². The third-order valence-corrected chi connectivity index (χ3v) is 4.80. The average molecular weight is 258 g/mol. The number of thioether (sulfide) groups is 1. The molecule has 2 unspecified atom stereocenters. The van der Waals surface area contributed by atoms with Crippen molar-refractivity contribution >= 4 is 11.8 Å². The number of rotatable bonds is 6. The van der Waals surface area contributed by atoms with Gasteiger partial charge in [-0.2, -0.15) is 11.8 Å². The Kier molecular flexibility index (Phi) is 7.56. The van der Waals surface area contributed by atoms with Crippen molar-refractivity contribution in [1.82, 2.24) is 10.2 Å². The molecule has 0 aromatic carbocycles. The van der Waals surface area contributed by atoms with E-state index in [0.29, 0.717) is 6.04 Å². The molecule has 1 rings (SSSR count). The zero-order valence-electron chi connectivity index (χ0n) is 12.0. The van der Waals surface area contributed by atoms with E-state index in [-0.39, 0.29) is 0 Å². The van der Waals surface area contributed by atoms with Gasteiger partial charge in [-0.05, 0) is 58.0 Å². The van der Waals surface area contributed by atoms with Gasteiger partial charge in [-0.1, -0.05) is 13.8 Å². The van der Waals surface area contributed by atoms with Gasteiger partial charge in [-0.3, -0.25) is 4.90 Å². The maximum Gasteiger partial charge on any atom is 0.0192 e. The topological polar surface area (TPSA) is 15.3 Å². The lowest BCUT2D eigenvalue weighted by Gasteiger charge is -2.28. The van der Waals surface area contributed by atoms with Crippen LogP contribution in [-0.4, -0.2) is 48.6 Å². The van der Waals surface area contributed by atoms with Crippen LogP contribution in [0.5, 0.6) is 0 Å².